The zero-order valence-electron chi connectivity index (χ0n) is 12.8. The minimum absolute atomic E-state index is 0.599. The van der Waals surface area contributed by atoms with Gasteiger partial charge in [-0.3, -0.25) is 0 Å². The molecule has 0 aliphatic carbocycles. The molecule has 1 N–H and O–H groups in total. The summed E-state index contributed by atoms with van der Waals surface area (Å²) in [5, 5.41) is 15.9. The first-order valence-electron chi connectivity index (χ1n) is 7.27. The van der Waals surface area contributed by atoms with Crippen LogP contribution in [0, 0.1) is 6.92 Å². The van der Waals surface area contributed by atoms with E-state index in [1.165, 1.54) is 0 Å². The largest absolute Gasteiger partial charge is 0.387 e. The van der Waals surface area contributed by atoms with Crippen LogP contribution < -0.4 is 0 Å². The molecule has 3 rings (SSSR count). The first kappa shape index (κ1) is 16.1. The Bertz CT molecular complexity index is 839. The predicted octanol–water partition coefficient (Wildman–Crippen LogP) is 5.21. The molecule has 0 fully saturated rings. The molecule has 23 heavy (non-hydrogen) atoms. The van der Waals surface area contributed by atoms with Crippen molar-refractivity contribution in [3.05, 3.63) is 69.8 Å². The molecule has 3 nitrogen and oxygen atoms in total. The van der Waals surface area contributed by atoms with E-state index in [4.69, 9.17) is 23.2 Å². The predicted molar refractivity (Wildman–Crippen MR) is 94.4 cm³/mol. The number of nitrogens with zero attached hydrogens (tertiary/aromatic N) is 2. The van der Waals surface area contributed by atoms with Crippen LogP contribution in [0.3, 0.4) is 0 Å². The summed E-state index contributed by atoms with van der Waals surface area (Å²) in [5.41, 5.74) is 4.18. The lowest BCUT2D eigenvalue weighted by atomic mass is 10.0. The van der Waals surface area contributed by atoms with Crippen LogP contribution in [-0.2, 0) is 0 Å². The summed E-state index contributed by atoms with van der Waals surface area (Å²) < 4.78 is 1.78. The van der Waals surface area contributed by atoms with Crippen molar-refractivity contribution in [2.75, 3.05) is 0 Å². The molecular formula is C18H16Cl2N2O. The molecule has 1 unspecified atom stereocenters. The summed E-state index contributed by atoms with van der Waals surface area (Å²) in [5.74, 6) is 0. The van der Waals surface area contributed by atoms with Crippen LogP contribution in [-0.4, -0.2) is 14.9 Å². The van der Waals surface area contributed by atoms with Crippen molar-refractivity contribution in [1.29, 1.82) is 0 Å². The fourth-order valence-corrected chi connectivity index (χ4v) is 3.00. The quantitative estimate of drug-likeness (QED) is 0.706. The molecule has 0 saturated heterocycles. The molecule has 5 heteroatoms. The lowest BCUT2D eigenvalue weighted by molar-refractivity contribution is 0.193. The van der Waals surface area contributed by atoms with Gasteiger partial charge >= 0.3 is 0 Å². The molecule has 1 heterocycles. The maximum Gasteiger partial charge on any atom is 0.0953 e. The van der Waals surface area contributed by atoms with E-state index in [0.29, 0.717) is 15.7 Å². The van der Waals surface area contributed by atoms with Gasteiger partial charge in [0, 0.05) is 16.1 Å². The Labute approximate surface area is 145 Å². The Balaban J connectivity index is 2.29. The Morgan fingerprint density at radius 3 is 2.30 bits per heavy atom. The number of benzene rings is 2. The lowest BCUT2D eigenvalue weighted by Crippen LogP contribution is -2.01. The first-order chi connectivity index (χ1) is 11.0. The molecule has 0 saturated carbocycles. The fourth-order valence-electron chi connectivity index (χ4n) is 2.65. The van der Waals surface area contributed by atoms with E-state index < -0.39 is 6.10 Å². The number of aliphatic hydroxyl groups is 1. The Hall–Kier alpha value is -1.81. The summed E-state index contributed by atoms with van der Waals surface area (Å²) in [6.07, 6.45) is -0.662. The molecule has 0 spiro atoms. The molecule has 0 bridgehead atoms. The number of hydrogen-bond acceptors (Lipinski definition) is 2. The van der Waals surface area contributed by atoms with Crippen molar-refractivity contribution >= 4 is 23.2 Å². The molecule has 1 atom stereocenters. The summed E-state index contributed by atoms with van der Waals surface area (Å²) in [4.78, 5) is 0. The third-order valence-corrected chi connectivity index (χ3v) is 4.32. The average molecular weight is 347 g/mol. The van der Waals surface area contributed by atoms with Gasteiger partial charge in [-0.2, -0.15) is 5.10 Å². The van der Waals surface area contributed by atoms with Gasteiger partial charge in [-0.25, -0.2) is 4.68 Å². The van der Waals surface area contributed by atoms with E-state index in [2.05, 4.69) is 5.10 Å². The van der Waals surface area contributed by atoms with E-state index in [-0.39, 0.29) is 0 Å². The van der Waals surface area contributed by atoms with Crippen molar-refractivity contribution in [2.24, 2.45) is 0 Å². The zero-order chi connectivity index (χ0) is 16.6. The van der Waals surface area contributed by atoms with Crippen LogP contribution in [0.15, 0.2) is 48.5 Å². The van der Waals surface area contributed by atoms with E-state index in [9.17, 15) is 5.11 Å². The van der Waals surface area contributed by atoms with Gasteiger partial charge in [0.1, 0.15) is 0 Å². The summed E-state index contributed by atoms with van der Waals surface area (Å²) >= 11 is 12.3. The molecule has 0 aliphatic heterocycles. The Morgan fingerprint density at radius 1 is 1.04 bits per heavy atom. The highest BCUT2D eigenvalue weighted by Gasteiger charge is 2.20. The fraction of sp³-hybridized carbons (Fsp3) is 0.167. The number of rotatable bonds is 3. The van der Waals surface area contributed by atoms with Crippen LogP contribution in [0.5, 0.6) is 0 Å². The minimum atomic E-state index is -0.662. The van der Waals surface area contributed by atoms with E-state index in [0.717, 1.165) is 22.5 Å². The first-order valence-corrected chi connectivity index (χ1v) is 8.03. The van der Waals surface area contributed by atoms with Crippen molar-refractivity contribution in [3.63, 3.8) is 0 Å². The summed E-state index contributed by atoms with van der Waals surface area (Å²) in [6, 6.07) is 15.1. The van der Waals surface area contributed by atoms with Gasteiger partial charge in [0.2, 0.25) is 0 Å². The molecule has 0 radical (unpaired) electrons. The van der Waals surface area contributed by atoms with Crippen LogP contribution in [0.25, 0.3) is 16.9 Å². The highest BCUT2D eigenvalue weighted by molar-refractivity contribution is 6.32. The number of aromatic nitrogens is 2. The smallest absolute Gasteiger partial charge is 0.0953 e. The molecule has 118 valence electrons. The molecule has 2 aromatic carbocycles. The number of para-hydroxylation sites is 1. The SMILES string of the molecule is Cc1c(C(C)O)nn(-c2ccccc2Cl)c1-c1ccc(Cl)cc1. The number of halogens is 2. The number of hydrogen-bond donors (Lipinski definition) is 1. The maximum absolute atomic E-state index is 10.0. The summed E-state index contributed by atoms with van der Waals surface area (Å²) in [7, 11) is 0. The van der Waals surface area contributed by atoms with E-state index in [1.54, 1.807) is 11.6 Å². The second-order valence-corrected chi connectivity index (χ2v) is 6.25. The van der Waals surface area contributed by atoms with Gasteiger partial charge in [-0.15, -0.1) is 0 Å². The van der Waals surface area contributed by atoms with E-state index >= 15 is 0 Å². The Morgan fingerprint density at radius 2 is 1.70 bits per heavy atom. The molecule has 3 aromatic rings. The Kier molecular flexibility index (Phi) is 4.44. The van der Waals surface area contributed by atoms with Gasteiger partial charge in [0.15, 0.2) is 0 Å². The molecular weight excluding hydrogens is 331 g/mol. The van der Waals surface area contributed by atoms with Crippen LogP contribution in [0.2, 0.25) is 10.0 Å². The van der Waals surface area contributed by atoms with Gasteiger partial charge in [0.25, 0.3) is 0 Å². The van der Waals surface area contributed by atoms with Crippen molar-refractivity contribution in [2.45, 2.75) is 20.0 Å². The third-order valence-electron chi connectivity index (χ3n) is 3.75. The highest BCUT2D eigenvalue weighted by Crippen LogP contribution is 2.33. The lowest BCUT2D eigenvalue weighted by Gasteiger charge is -2.10. The highest BCUT2D eigenvalue weighted by atomic mass is 35.5. The third kappa shape index (κ3) is 3.00. The topological polar surface area (TPSA) is 38.1 Å². The maximum atomic E-state index is 10.0. The second kappa shape index (κ2) is 6.36. The van der Waals surface area contributed by atoms with Crippen molar-refractivity contribution in [1.82, 2.24) is 9.78 Å². The molecule has 0 amide bonds. The standard InChI is InChI=1S/C18H16Cl2N2O/c1-11-17(12(2)23)21-22(16-6-4-3-5-15(16)20)18(11)13-7-9-14(19)10-8-13/h3-10,12,23H,1-2H3. The van der Waals surface area contributed by atoms with Gasteiger partial charge in [-0.1, -0.05) is 47.5 Å². The van der Waals surface area contributed by atoms with E-state index in [1.807, 2.05) is 55.5 Å². The van der Waals surface area contributed by atoms with Crippen molar-refractivity contribution < 1.29 is 5.11 Å². The van der Waals surface area contributed by atoms with Gasteiger partial charge in [-0.05, 0) is 38.1 Å². The zero-order valence-corrected chi connectivity index (χ0v) is 14.3. The van der Waals surface area contributed by atoms with Crippen LogP contribution >= 0.6 is 23.2 Å². The monoisotopic (exact) mass is 346 g/mol. The number of aliphatic hydroxyl groups excluding tert-OH is 1. The molecule has 1 aromatic heterocycles. The average Bonchev–Trinajstić information content (AvgIpc) is 2.86. The minimum Gasteiger partial charge on any atom is -0.387 e. The van der Waals surface area contributed by atoms with Crippen molar-refractivity contribution in [3.8, 4) is 16.9 Å². The van der Waals surface area contributed by atoms with Crippen LogP contribution in [0.4, 0.5) is 0 Å². The molecule has 0 aliphatic rings. The van der Waals surface area contributed by atoms with Gasteiger partial charge < -0.3 is 5.11 Å². The summed E-state index contributed by atoms with van der Waals surface area (Å²) in [6.45, 7) is 3.66. The normalized spacial score (nSPS) is 12.4. The second-order valence-electron chi connectivity index (χ2n) is 5.40. The van der Waals surface area contributed by atoms with Gasteiger partial charge in [0.05, 0.1) is 28.2 Å². The van der Waals surface area contributed by atoms with Crippen LogP contribution in [0.1, 0.15) is 24.3 Å².